The molecule has 0 atom stereocenters. The molecule has 0 saturated heterocycles. The van der Waals surface area contributed by atoms with Gasteiger partial charge in [0, 0.05) is 23.8 Å². The van der Waals surface area contributed by atoms with Crippen LogP contribution in [0.1, 0.15) is 34.9 Å². The first-order valence-electron chi connectivity index (χ1n) is 8.91. The Morgan fingerprint density at radius 3 is 2.52 bits per heavy atom. The molecule has 3 nitrogen and oxygen atoms in total. The van der Waals surface area contributed by atoms with Crippen LogP contribution in [0.4, 0.5) is 10.8 Å². The Hall–Kier alpha value is -2.11. The van der Waals surface area contributed by atoms with Crippen LogP contribution in [0.25, 0.3) is 0 Å². The maximum atomic E-state index is 12.3. The maximum Gasteiger partial charge on any atom is 0.230 e. The van der Waals surface area contributed by atoms with Crippen molar-refractivity contribution in [2.75, 3.05) is 4.90 Å². The first-order valence-corrected chi connectivity index (χ1v) is 10.9. The number of hydrogen-bond acceptors (Lipinski definition) is 4. The molecule has 1 aromatic heterocycles. The third-order valence-corrected chi connectivity index (χ3v) is 6.52. The van der Waals surface area contributed by atoms with E-state index < -0.39 is 0 Å². The molecule has 27 heavy (non-hydrogen) atoms. The molecule has 0 bridgehead atoms. The number of anilines is 2. The van der Waals surface area contributed by atoms with Gasteiger partial charge in [-0.05, 0) is 49.1 Å². The second-order valence-corrected chi connectivity index (χ2v) is 8.44. The van der Waals surface area contributed by atoms with Crippen molar-refractivity contribution in [1.82, 2.24) is 4.98 Å². The fourth-order valence-electron chi connectivity index (χ4n) is 2.89. The lowest BCUT2D eigenvalue weighted by molar-refractivity contribution is -0.115. The standard InChI is InChI=1S/C22H24N2OS2/c1-15-9-7-11-21(17(15)3)24(18(4)25)22-23-20(14-27-22)13-26-12-19-10-6-5-8-16(19)2/h5-11,14H,12-13H2,1-4H3. The van der Waals surface area contributed by atoms with Gasteiger partial charge in [-0.2, -0.15) is 11.8 Å². The Morgan fingerprint density at radius 2 is 1.78 bits per heavy atom. The highest BCUT2D eigenvalue weighted by atomic mass is 32.2. The van der Waals surface area contributed by atoms with Crippen LogP contribution in [-0.4, -0.2) is 10.9 Å². The summed E-state index contributed by atoms with van der Waals surface area (Å²) in [6, 6.07) is 14.5. The molecule has 0 spiro atoms. The molecule has 0 aliphatic carbocycles. The molecular weight excluding hydrogens is 372 g/mol. The first kappa shape index (κ1) is 19.6. The largest absolute Gasteiger partial charge is 0.274 e. The van der Waals surface area contributed by atoms with Crippen molar-refractivity contribution in [2.45, 2.75) is 39.2 Å². The molecule has 0 radical (unpaired) electrons. The summed E-state index contributed by atoms with van der Waals surface area (Å²) < 4.78 is 0. The van der Waals surface area contributed by atoms with Crippen molar-refractivity contribution in [3.8, 4) is 0 Å². The van der Waals surface area contributed by atoms with E-state index in [0.29, 0.717) is 0 Å². The minimum absolute atomic E-state index is 0.0165. The summed E-state index contributed by atoms with van der Waals surface area (Å²) in [5.74, 6) is 1.79. The Bertz CT molecular complexity index is 949. The summed E-state index contributed by atoms with van der Waals surface area (Å²) in [6.07, 6.45) is 0. The van der Waals surface area contributed by atoms with Gasteiger partial charge < -0.3 is 0 Å². The molecule has 0 N–H and O–H groups in total. The molecule has 1 amide bonds. The number of aryl methyl sites for hydroxylation is 2. The van der Waals surface area contributed by atoms with E-state index >= 15 is 0 Å². The zero-order valence-corrected chi connectivity index (χ0v) is 17.8. The first-order chi connectivity index (χ1) is 13.0. The number of thioether (sulfide) groups is 1. The van der Waals surface area contributed by atoms with Gasteiger partial charge in [-0.15, -0.1) is 11.3 Å². The molecule has 2 aromatic carbocycles. The number of amides is 1. The zero-order chi connectivity index (χ0) is 19.4. The van der Waals surface area contributed by atoms with Crippen molar-refractivity contribution < 1.29 is 4.79 Å². The van der Waals surface area contributed by atoms with Crippen LogP contribution >= 0.6 is 23.1 Å². The van der Waals surface area contributed by atoms with E-state index in [1.54, 1.807) is 11.8 Å². The number of carbonyl (C=O) groups excluding carboxylic acids is 1. The van der Waals surface area contributed by atoms with E-state index in [-0.39, 0.29) is 5.91 Å². The van der Waals surface area contributed by atoms with Gasteiger partial charge in [-0.1, -0.05) is 36.4 Å². The van der Waals surface area contributed by atoms with E-state index in [1.807, 2.05) is 30.8 Å². The lowest BCUT2D eigenvalue weighted by Gasteiger charge is -2.21. The van der Waals surface area contributed by atoms with Crippen LogP contribution in [0, 0.1) is 20.8 Å². The van der Waals surface area contributed by atoms with Crippen molar-refractivity contribution >= 4 is 39.8 Å². The number of hydrogen-bond donors (Lipinski definition) is 0. The molecule has 5 heteroatoms. The summed E-state index contributed by atoms with van der Waals surface area (Å²) >= 11 is 3.37. The fourth-order valence-corrected chi connectivity index (χ4v) is 4.88. The number of rotatable bonds is 6. The van der Waals surface area contributed by atoms with Gasteiger partial charge in [0.15, 0.2) is 5.13 Å². The fraction of sp³-hybridized carbons (Fsp3) is 0.273. The van der Waals surface area contributed by atoms with Gasteiger partial charge in [0.2, 0.25) is 5.91 Å². The van der Waals surface area contributed by atoms with Crippen LogP contribution < -0.4 is 4.90 Å². The van der Waals surface area contributed by atoms with Gasteiger partial charge in [0.25, 0.3) is 0 Å². The van der Waals surface area contributed by atoms with Crippen LogP contribution in [0.3, 0.4) is 0 Å². The molecule has 0 aliphatic heterocycles. The highest BCUT2D eigenvalue weighted by molar-refractivity contribution is 7.97. The second kappa shape index (κ2) is 8.72. The molecule has 3 aromatic rings. The van der Waals surface area contributed by atoms with Crippen molar-refractivity contribution in [3.63, 3.8) is 0 Å². The Kier molecular flexibility index (Phi) is 6.34. The third kappa shape index (κ3) is 4.60. The molecule has 0 unspecified atom stereocenters. The lowest BCUT2D eigenvalue weighted by Crippen LogP contribution is -2.23. The summed E-state index contributed by atoms with van der Waals surface area (Å²) in [5, 5.41) is 2.80. The van der Waals surface area contributed by atoms with E-state index in [0.717, 1.165) is 33.6 Å². The molecule has 0 saturated carbocycles. The van der Waals surface area contributed by atoms with Gasteiger partial charge in [0.1, 0.15) is 0 Å². The van der Waals surface area contributed by atoms with E-state index in [2.05, 4.69) is 49.6 Å². The monoisotopic (exact) mass is 396 g/mol. The zero-order valence-electron chi connectivity index (χ0n) is 16.2. The summed E-state index contributed by atoms with van der Waals surface area (Å²) in [7, 11) is 0. The lowest BCUT2D eigenvalue weighted by atomic mass is 10.1. The van der Waals surface area contributed by atoms with Crippen LogP contribution in [0.5, 0.6) is 0 Å². The summed E-state index contributed by atoms with van der Waals surface area (Å²) in [5.41, 5.74) is 6.89. The Labute approximate surface area is 169 Å². The molecule has 0 aliphatic rings. The molecule has 1 heterocycles. The topological polar surface area (TPSA) is 33.2 Å². The predicted molar refractivity (Wildman–Crippen MR) is 117 cm³/mol. The second-order valence-electron chi connectivity index (χ2n) is 6.61. The number of thiazole rings is 1. The minimum atomic E-state index is -0.0165. The van der Waals surface area contributed by atoms with Crippen LogP contribution in [0.15, 0.2) is 47.8 Å². The van der Waals surface area contributed by atoms with Crippen molar-refractivity contribution in [3.05, 3.63) is 75.8 Å². The SMILES string of the molecule is CC(=O)N(c1nc(CSCc2ccccc2C)cs1)c1cccc(C)c1C. The van der Waals surface area contributed by atoms with Crippen molar-refractivity contribution in [2.24, 2.45) is 0 Å². The Balaban J connectivity index is 1.74. The summed E-state index contributed by atoms with van der Waals surface area (Å²) in [4.78, 5) is 18.8. The Morgan fingerprint density at radius 1 is 1.04 bits per heavy atom. The summed E-state index contributed by atoms with van der Waals surface area (Å²) in [6.45, 7) is 7.85. The van der Waals surface area contributed by atoms with Gasteiger partial charge >= 0.3 is 0 Å². The number of benzene rings is 2. The van der Waals surface area contributed by atoms with Crippen LogP contribution in [-0.2, 0) is 16.3 Å². The highest BCUT2D eigenvalue weighted by Crippen LogP contribution is 2.33. The molecular formula is C22H24N2OS2. The average Bonchev–Trinajstić information content (AvgIpc) is 3.08. The van der Waals surface area contributed by atoms with Gasteiger partial charge in [-0.3, -0.25) is 9.69 Å². The molecule has 3 rings (SSSR count). The quantitative estimate of drug-likeness (QED) is 0.498. The number of carbonyl (C=O) groups is 1. The normalized spacial score (nSPS) is 10.8. The van der Waals surface area contributed by atoms with E-state index in [1.165, 1.54) is 28.0 Å². The van der Waals surface area contributed by atoms with E-state index in [4.69, 9.17) is 4.98 Å². The van der Waals surface area contributed by atoms with Crippen LogP contribution in [0.2, 0.25) is 0 Å². The number of aromatic nitrogens is 1. The van der Waals surface area contributed by atoms with E-state index in [9.17, 15) is 4.79 Å². The van der Waals surface area contributed by atoms with Crippen molar-refractivity contribution in [1.29, 1.82) is 0 Å². The number of nitrogens with zero attached hydrogens (tertiary/aromatic N) is 2. The average molecular weight is 397 g/mol. The highest BCUT2D eigenvalue weighted by Gasteiger charge is 2.20. The smallest absolute Gasteiger partial charge is 0.230 e. The molecule has 0 fully saturated rings. The van der Waals surface area contributed by atoms with Gasteiger partial charge in [0.05, 0.1) is 11.4 Å². The third-order valence-electron chi connectivity index (χ3n) is 4.63. The van der Waals surface area contributed by atoms with Gasteiger partial charge in [-0.25, -0.2) is 4.98 Å². The molecule has 140 valence electrons. The maximum absolute atomic E-state index is 12.3. The predicted octanol–water partition coefficient (Wildman–Crippen LogP) is 6.19. The minimum Gasteiger partial charge on any atom is -0.274 e.